The highest BCUT2D eigenvalue weighted by atomic mass is 16.1. The zero-order valence-electron chi connectivity index (χ0n) is 8.08. The quantitative estimate of drug-likeness (QED) is 0.551. The van der Waals surface area contributed by atoms with Crippen LogP contribution < -0.4 is 0 Å². The molecule has 2 heterocycles. The zero-order valence-corrected chi connectivity index (χ0v) is 8.08. The van der Waals surface area contributed by atoms with E-state index in [1.807, 2.05) is 31.3 Å². The van der Waals surface area contributed by atoms with Crippen LogP contribution in [0.1, 0.15) is 10.5 Å². The summed E-state index contributed by atoms with van der Waals surface area (Å²) in [4.78, 5) is 11.0. The maximum Gasteiger partial charge on any atom is 0.169 e. The highest BCUT2D eigenvalue weighted by Crippen LogP contribution is 2.23. The number of fused-ring (bicyclic) bond motifs is 3. The minimum Gasteiger partial charge on any atom is -0.296 e. The van der Waals surface area contributed by atoms with Gasteiger partial charge in [0.15, 0.2) is 11.9 Å². The van der Waals surface area contributed by atoms with E-state index in [9.17, 15) is 4.79 Å². The van der Waals surface area contributed by atoms with Crippen molar-refractivity contribution in [1.82, 2.24) is 19.6 Å². The molecule has 0 radical (unpaired) electrons. The van der Waals surface area contributed by atoms with Crippen molar-refractivity contribution in [3.05, 3.63) is 30.0 Å². The summed E-state index contributed by atoms with van der Waals surface area (Å²) in [5, 5.41) is 9.71. The summed E-state index contributed by atoms with van der Waals surface area (Å²) in [7, 11) is 1.81. The van der Waals surface area contributed by atoms with Gasteiger partial charge < -0.3 is 0 Å². The molecule has 0 N–H and O–H groups in total. The Balaban J connectivity index is 2.69. The molecular weight excluding hydrogens is 192 g/mol. The van der Waals surface area contributed by atoms with Crippen molar-refractivity contribution in [2.24, 2.45) is 7.05 Å². The molecule has 0 amide bonds. The van der Waals surface area contributed by atoms with Gasteiger partial charge in [-0.25, -0.2) is 4.68 Å². The molecule has 0 saturated heterocycles. The van der Waals surface area contributed by atoms with Crippen LogP contribution in [0.15, 0.2) is 24.3 Å². The summed E-state index contributed by atoms with van der Waals surface area (Å²) in [6.45, 7) is 0. The van der Waals surface area contributed by atoms with E-state index >= 15 is 0 Å². The van der Waals surface area contributed by atoms with Crippen molar-refractivity contribution in [2.75, 3.05) is 0 Å². The molecule has 5 nitrogen and oxygen atoms in total. The van der Waals surface area contributed by atoms with E-state index in [-0.39, 0.29) is 0 Å². The van der Waals surface area contributed by atoms with Crippen molar-refractivity contribution in [2.45, 2.75) is 0 Å². The first-order valence-corrected chi connectivity index (χ1v) is 4.57. The van der Waals surface area contributed by atoms with Crippen LogP contribution in [0.4, 0.5) is 0 Å². The van der Waals surface area contributed by atoms with Gasteiger partial charge in [0.1, 0.15) is 5.69 Å². The molecule has 1 aromatic carbocycles. The van der Waals surface area contributed by atoms with Crippen molar-refractivity contribution < 1.29 is 4.79 Å². The number of aryl methyl sites for hydroxylation is 1. The van der Waals surface area contributed by atoms with Crippen LogP contribution in [0.2, 0.25) is 0 Å². The number of carbonyl (C=O) groups excluding carboxylic acids is 1. The second-order valence-electron chi connectivity index (χ2n) is 3.39. The Morgan fingerprint density at radius 1 is 1.20 bits per heavy atom. The average molecular weight is 200 g/mol. The predicted molar refractivity (Wildman–Crippen MR) is 54.9 cm³/mol. The number of aromatic nitrogens is 4. The lowest BCUT2D eigenvalue weighted by Gasteiger charge is -1.89. The summed E-state index contributed by atoms with van der Waals surface area (Å²) in [5.74, 6) is 0. The van der Waals surface area contributed by atoms with E-state index in [2.05, 4.69) is 10.4 Å². The molecule has 0 spiro atoms. The fraction of sp³-hybridized carbons (Fsp3) is 0.100. The monoisotopic (exact) mass is 200 g/mol. The minimum absolute atomic E-state index is 0.550. The molecule has 0 bridgehead atoms. The number of aldehydes is 1. The van der Waals surface area contributed by atoms with Crippen molar-refractivity contribution in [3.63, 3.8) is 0 Å². The number of tetrazole rings is 1. The first kappa shape index (κ1) is 8.16. The fourth-order valence-corrected chi connectivity index (χ4v) is 1.90. The highest BCUT2D eigenvalue weighted by Gasteiger charge is 2.14. The second kappa shape index (κ2) is 2.66. The Bertz CT molecular complexity index is 664. The molecule has 5 heteroatoms. The van der Waals surface area contributed by atoms with E-state index in [1.165, 1.54) is 0 Å². The first-order chi connectivity index (χ1) is 7.33. The highest BCUT2D eigenvalue weighted by molar-refractivity contribution is 6.05. The Kier molecular flexibility index (Phi) is 1.45. The molecule has 0 atom stereocenters. The summed E-state index contributed by atoms with van der Waals surface area (Å²) >= 11 is 0. The standard InChI is InChI=1S/C10H8N4O/c1-13-10-8-5-3-2-4-7(8)9(6-15)14(10)12-11-13/h2-6H,1H3. The predicted octanol–water partition coefficient (Wildman–Crippen LogP) is 1.03. The number of benzene rings is 1. The number of rotatable bonds is 1. The normalized spacial score (nSPS) is 11.3. The third kappa shape index (κ3) is 0.890. The molecule has 15 heavy (non-hydrogen) atoms. The van der Waals surface area contributed by atoms with Gasteiger partial charge in [-0.2, -0.15) is 4.52 Å². The number of hydrogen-bond donors (Lipinski definition) is 0. The lowest BCUT2D eigenvalue weighted by Crippen LogP contribution is -1.90. The Morgan fingerprint density at radius 2 is 1.93 bits per heavy atom. The number of carbonyl (C=O) groups is 1. The molecule has 0 aliphatic rings. The van der Waals surface area contributed by atoms with Crippen LogP contribution in [-0.4, -0.2) is 25.9 Å². The van der Waals surface area contributed by atoms with Gasteiger partial charge in [-0.05, 0) is 10.4 Å². The van der Waals surface area contributed by atoms with Gasteiger partial charge in [-0.15, -0.1) is 0 Å². The van der Waals surface area contributed by atoms with Gasteiger partial charge in [-0.3, -0.25) is 4.79 Å². The summed E-state index contributed by atoms with van der Waals surface area (Å²) in [6, 6.07) is 7.71. The van der Waals surface area contributed by atoms with E-state index < -0.39 is 0 Å². The molecular formula is C10H8N4O. The third-order valence-corrected chi connectivity index (χ3v) is 2.55. The molecule has 0 aliphatic heterocycles. The lowest BCUT2D eigenvalue weighted by atomic mass is 10.2. The van der Waals surface area contributed by atoms with E-state index in [0.29, 0.717) is 5.69 Å². The van der Waals surface area contributed by atoms with E-state index in [1.54, 1.807) is 9.20 Å². The van der Waals surface area contributed by atoms with E-state index in [0.717, 1.165) is 22.7 Å². The second-order valence-corrected chi connectivity index (χ2v) is 3.39. The van der Waals surface area contributed by atoms with Crippen molar-refractivity contribution in [3.8, 4) is 0 Å². The van der Waals surface area contributed by atoms with Crippen molar-refractivity contribution >= 4 is 22.7 Å². The van der Waals surface area contributed by atoms with Gasteiger partial charge in [0.2, 0.25) is 0 Å². The Hall–Kier alpha value is -2.17. The first-order valence-electron chi connectivity index (χ1n) is 4.57. The van der Waals surface area contributed by atoms with Crippen LogP contribution in [0.25, 0.3) is 16.4 Å². The topological polar surface area (TPSA) is 52.2 Å². The third-order valence-electron chi connectivity index (χ3n) is 2.55. The zero-order chi connectivity index (χ0) is 10.4. The van der Waals surface area contributed by atoms with Crippen LogP contribution in [0, 0.1) is 0 Å². The van der Waals surface area contributed by atoms with Gasteiger partial charge in [0, 0.05) is 17.8 Å². The summed E-state index contributed by atoms with van der Waals surface area (Å²) < 4.78 is 3.23. The van der Waals surface area contributed by atoms with Gasteiger partial charge in [0.25, 0.3) is 0 Å². The largest absolute Gasteiger partial charge is 0.296 e. The van der Waals surface area contributed by atoms with Gasteiger partial charge in [-0.1, -0.05) is 24.3 Å². The molecule has 3 rings (SSSR count). The van der Waals surface area contributed by atoms with E-state index in [4.69, 9.17) is 0 Å². The smallest absolute Gasteiger partial charge is 0.169 e. The fourth-order valence-electron chi connectivity index (χ4n) is 1.90. The molecule has 0 unspecified atom stereocenters. The van der Waals surface area contributed by atoms with Crippen molar-refractivity contribution in [1.29, 1.82) is 0 Å². The average Bonchev–Trinajstić information content (AvgIpc) is 2.77. The Morgan fingerprint density at radius 3 is 2.67 bits per heavy atom. The molecule has 0 aliphatic carbocycles. The van der Waals surface area contributed by atoms with Crippen LogP contribution >= 0.6 is 0 Å². The van der Waals surface area contributed by atoms with Gasteiger partial charge in [0.05, 0.1) is 0 Å². The maximum atomic E-state index is 11.0. The number of hydrogen-bond acceptors (Lipinski definition) is 3. The SMILES string of the molecule is Cn1nnn2c(C=O)c3ccccc3c12. The molecule has 0 saturated carbocycles. The minimum atomic E-state index is 0.550. The lowest BCUT2D eigenvalue weighted by molar-refractivity contribution is 0.111. The summed E-state index contributed by atoms with van der Waals surface area (Å²) in [6.07, 6.45) is 0.810. The van der Waals surface area contributed by atoms with Gasteiger partial charge >= 0.3 is 0 Å². The maximum absolute atomic E-state index is 11.0. The van der Waals surface area contributed by atoms with Crippen LogP contribution in [-0.2, 0) is 7.05 Å². The summed E-state index contributed by atoms with van der Waals surface area (Å²) in [5.41, 5.74) is 1.39. The van der Waals surface area contributed by atoms with Crippen LogP contribution in [0.5, 0.6) is 0 Å². The molecule has 0 fully saturated rings. The molecule has 74 valence electrons. The Labute approximate surface area is 84.9 Å². The van der Waals surface area contributed by atoms with Crippen LogP contribution in [0.3, 0.4) is 0 Å². The number of nitrogens with zero attached hydrogens (tertiary/aromatic N) is 4. The molecule has 3 aromatic rings. The molecule has 2 aromatic heterocycles.